The van der Waals surface area contributed by atoms with Gasteiger partial charge in [-0.15, -0.1) is 0 Å². The van der Waals surface area contributed by atoms with E-state index in [4.69, 9.17) is 0 Å². The Morgan fingerprint density at radius 2 is 1.73 bits per heavy atom. The molecule has 1 aliphatic rings. The molecule has 1 aromatic carbocycles. The predicted molar refractivity (Wildman–Crippen MR) is 52.9 cm³/mol. The number of rotatable bonds is 1. The van der Waals surface area contributed by atoms with Gasteiger partial charge in [0.2, 0.25) is 0 Å². The molecule has 0 bridgehead atoms. The van der Waals surface area contributed by atoms with E-state index >= 15 is 0 Å². The molecule has 0 spiro atoms. The third kappa shape index (κ3) is 2.01. The van der Waals surface area contributed by atoms with Crippen LogP contribution in [0.3, 0.4) is 0 Å². The van der Waals surface area contributed by atoms with E-state index < -0.39 is 11.7 Å². The lowest BCUT2D eigenvalue weighted by atomic mass is 9.96. The summed E-state index contributed by atoms with van der Waals surface area (Å²) in [5, 5.41) is 0. The Hall–Kier alpha value is -0.990. The Morgan fingerprint density at radius 1 is 1.13 bits per heavy atom. The van der Waals surface area contributed by atoms with Gasteiger partial charge in [-0.3, -0.25) is 0 Å². The molecule has 0 aliphatic heterocycles. The van der Waals surface area contributed by atoms with Crippen molar-refractivity contribution in [2.45, 2.75) is 38.8 Å². The molecule has 82 valence electrons. The first kappa shape index (κ1) is 10.5. The van der Waals surface area contributed by atoms with Crippen LogP contribution in [0.1, 0.15) is 41.0 Å². The van der Waals surface area contributed by atoms with Crippen LogP contribution < -0.4 is 0 Å². The lowest BCUT2D eigenvalue weighted by Gasteiger charge is -2.13. The molecule has 1 fully saturated rings. The van der Waals surface area contributed by atoms with Crippen molar-refractivity contribution >= 4 is 0 Å². The van der Waals surface area contributed by atoms with E-state index in [0.717, 1.165) is 29.5 Å². The molecule has 1 saturated carbocycles. The Labute approximate surface area is 87.1 Å². The average Bonchev–Trinajstić information content (AvgIpc) is 2.90. The fourth-order valence-corrected chi connectivity index (χ4v) is 1.87. The van der Waals surface area contributed by atoms with Crippen molar-refractivity contribution in [1.29, 1.82) is 0 Å². The van der Waals surface area contributed by atoms with Gasteiger partial charge in [0.15, 0.2) is 0 Å². The number of hydrogen-bond donors (Lipinski definition) is 0. The Kier molecular flexibility index (Phi) is 2.28. The summed E-state index contributed by atoms with van der Waals surface area (Å²) in [4.78, 5) is 0. The maximum atomic E-state index is 12.6. The SMILES string of the molecule is Cc1cc(C(F)(F)F)cc(C2CC2)c1C. The van der Waals surface area contributed by atoms with Crippen LogP contribution >= 0.6 is 0 Å². The first-order valence-corrected chi connectivity index (χ1v) is 5.08. The largest absolute Gasteiger partial charge is 0.416 e. The zero-order valence-corrected chi connectivity index (χ0v) is 8.78. The first-order valence-electron chi connectivity index (χ1n) is 5.08. The van der Waals surface area contributed by atoms with Crippen LogP contribution in [0.25, 0.3) is 0 Å². The lowest BCUT2D eigenvalue weighted by Crippen LogP contribution is -2.07. The Balaban J connectivity index is 2.51. The molecule has 0 N–H and O–H groups in total. The van der Waals surface area contributed by atoms with Gasteiger partial charge in [0.25, 0.3) is 0 Å². The fraction of sp³-hybridized carbons (Fsp3) is 0.500. The highest BCUT2D eigenvalue weighted by Gasteiger charge is 2.34. The molecule has 0 radical (unpaired) electrons. The molecule has 0 heterocycles. The van der Waals surface area contributed by atoms with E-state index in [2.05, 4.69) is 0 Å². The minimum absolute atomic E-state index is 0.367. The first-order chi connectivity index (χ1) is 6.89. The molecule has 0 atom stereocenters. The molecule has 1 aromatic rings. The molecule has 3 heteroatoms. The zero-order valence-electron chi connectivity index (χ0n) is 8.78. The van der Waals surface area contributed by atoms with Crippen molar-refractivity contribution in [3.05, 3.63) is 34.4 Å². The zero-order chi connectivity index (χ0) is 11.2. The fourth-order valence-electron chi connectivity index (χ4n) is 1.87. The highest BCUT2D eigenvalue weighted by Crippen LogP contribution is 2.44. The van der Waals surface area contributed by atoms with E-state index in [1.54, 1.807) is 6.92 Å². The van der Waals surface area contributed by atoms with Gasteiger partial charge >= 0.3 is 6.18 Å². The monoisotopic (exact) mass is 214 g/mol. The number of aryl methyl sites for hydroxylation is 1. The topological polar surface area (TPSA) is 0 Å². The van der Waals surface area contributed by atoms with Gasteiger partial charge in [-0.25, -0.2) is 0 Å². The molecular weight excluding hydrogens is 201 g/mol. The minimum atomic E-state index is -4.22. The van der Waals surface area contributed by atoms with E-state index in [1.807, 2.05) is 6.92 Å². The summed E-state index contributed by atoms with van der Waals surface area (Å²) >= 11 is 0. The molecule has 15 heavy (non-hydrogen) atoms. The summed E-state index contributed by atoms with van der Waals surface area (Å²) < 4.78 is 37.7. The van der Waals surface area contributed by atoms with E-state index in [1.165, 1.54) is 12.1 Å². The van der Waals surface area contributed by atoms with Crippen LogP contribution in [-0.4, -0.2) is 0 Å². The summed E-state index contributed by atoms with van der Waals surface area (Å²) in [6, 6.07) is 2.56. The number of halogens is 3. The highest BCUT2D eigenvalue weighted by molar-refractivity contribution is 5.42. The van der Waals surface area contributed by atoms with Gasteiger partial charge in [0.1, 0.15) is 0 Å². The second-order valence-electron chi connectivity index (χ2n) is 4.28. The quantitative estimate of drug-likeness (QED) is 0.657. The molecule has 2 rings (SSSR count). The number of alkyl halides is 3. The lowest BCUT2D eigenvalue weighted by molar-refractivity contribution is -0.137. The maximum absolute atomic E-state index is 12.6. The molecular formula is C12H13F3. The van der Waals surface area contributed by atoms with Crippen LogP contribution in [0, 0.1) is 13.8 Å². The standard InChI is InChI=1S/C12H13F3/c1-7-5-10(12(13,14)15)6-11(8(7)2)9-3-4-9/h5-6,9H,3-4H2,1-2H3. The summed E-state index contributed by atoms with van der Waals surface area (Å²) in [5.74, 6) is 0.367. The molecule has 1 aliphatic carbocycles. The van der Waals surface area contributed by atoms with Crippen molar-refractivity contribution in [2.75, 3.05) is 0 Å². The van der Waals surface area contributed by atoms with Gasteiger partial charge in [0.05, 0.1) is 5.56 Å². The Bertz CT molecular complexity index is 387. The summed E-state index contributed by atoms with van der Waals surface area (Å²) in [7, 11) is 0. The van der Waals surface area contributed by atoms with Gasteiger partial charge in [0, 0.05) is 0 Å². The van der Waals surface area contributed by atoms with E-state index in [-0.39, 0.29) is 0 Å². The van der Waals surface area contributed by atoms with Gasteiger partial charge in [-0.05, 0) is 61.4 Å². The third-order valence-electron chi connectivity index (χ3n) is 3.05. The van der Waals surface area contributed by atoms with Gasteiger partial charge < -0.3 is 0 Å². The van der Waals surface area contributed by atoms with E-state index in [9.17, 15) is 13.2 Å². The summed E-state index contributed by atoms with van der Waals surface area (Å²) in [6.45, 7) is 3.65. The Morgan fingerprint density at radius 3 is 2.20 bits per heavy atom. The molecule has 0 amide bonds. The van der Waals surface area contributed by atoms with Crippen LogP contribution in [0.4, 0.5) is 13.2 Å². The number of hydrogen-bond acceptors (Lipinski definition) is 0. The van der Waals surface area contributed by atoms with Crippen molar-refractivity contribution in [2.24, 2.45) is 0 Å². The highest BCUT2D eigenvalue weighted by atomic mass is 19.4. The second kappa shape index (κ2) is 3.26. The van der Waals surface area contributed by atoms with E-state index in [0.29, 0.717) is 5.92 Å². The average molecular weight is 214 g/mol. The van der Waals surface area contributed by atoms with Crippen molar-refractivity contribution < 1.29 is 13.2 Å². The van der Waals surface area contributed by atoms with Crippen molar-refractivity contribution in [1.82, 2.24) is 0 Å². The molecule has 0 unspecified atom stereocenters. The van der Waals surface area contributed by atoms with Gasteiger partial charge in [-0.1, -0.05) is 0 Å². The van der Waals surface area contributed by atoms with Crippen LogP contribution in [0.15, 0.2) is 12.1 Å². The van der Waals surface area contributed by atoms with Crippen molar-refractivity contribution in [3.8, 4) is 0 Å². The predicted octanol–water partition coefficient (Wildman–Crippen LogP) is 4.20. The maximum Gasteiger partial charge on any atom is 0.416 e. The van der Waals surface area contributed by atoms with Crippen molar-refractivity contribution in [3.63, 3.8) is 0 Å². The third-order valence-corrected chi connectivity index (χ3v) is 3.05. The summed E-state index contributed by atoms with van der Waals surface area (Å²) in [6.07, 6.45) is -2.16. The molecule has 0 saturated heterocycles. The summed E-state index contributed by atoms with van der Waals surface area (Å²) in [5.41, 5.74) is 2.15. The minimum Gasteiger partial charge on any atom is -0.166 e. The normalized spacial score (nSPS) is 16.9. The van der Waals surface area contributed by atoms with Crippen LogP contribution in [-0.2, 0) is 6.18 Å². The van der Waals surface area contributed by atoms with Crippen LogP contribution in [0.5, 0.6) is 0 Å². The number of benzene rings is 1. The van der Waals surface area contributed by atoms with Crippen LogP contribution in [0.2, 0.25) is 0 Å². The molecule has 0 nitrogen and oxygen atoms in total. The van der Waals surface area contributed by atoms with Gasteiger partial charge in [-0.2, -0.15) is 13.2 Å². The second-order valence-corrected chi connectivity index (χ2v) is 4.28. The smallest absolute Gasteiger partial charge is 0.166 e. The molecule has 0 aromatic heterocycles.